The van der Waals surface area contributed by atoms with Gasteiger partial charge in [0, 0.05) is 17.1 Å². The molecule has 0 aliphatic heterocycles. The molecule has 0 aromatic heterocycles. The molecule has 0 atom stereocenters. The van der Waals surface area contributed by atoms with Crippen molar-refractivity contribution in [3.05, 3.63) is 200 Å². The van der Waals surface area contributed by atoms with Crippen LogP contribution in [0.15, 0.2) is 200 Å². The summed E-state index contributed by atoms with van der Waals surface area (Å²) in [5.74, 6) is 0. The first-order valence-corrected chi connectivity index (χ1v) is 17.6. The van der Waals surface area contributed by atoms with Gasteiger partial charge in [-0.15, -0.1) is 0 Å². The average molecular weight is 648 g/mol. The molecule has 51 heavy (non-hydrogen) atoms. The highest BCUT2D eigenvalue weighted by molar-refractivity contribution is 6.28. The molecule has 238 valence electrons. The van der Waals surface area contributed by atoms with Crippen molar-refractivity contribution in [2.45, 2.75) is 0 Å². The first kappa shape index (κ1) is 29.2. The summed E-state index contributed by atoms with van der Waals surface area (Å²) in [7, 11) is 0. The number of benzene rings is 10. The second-order valence-corrected chi connectivity index (χ2v) is 13.2. The van der Waals surface area contributed by atoms with Gasteiger partial charge in [0.2, 0.25) is 0 Å². The van der Waals surface area contributed by atoms with E-state index in [1.807, 2.05) is 0 Å². The molecule has 0 fully saturated rings. The molecule has 0 amide bonds. The number of hydrogen-bond acceptors (Lipinski definition) is 1. The van der Waals surface area contributed by atoms with Gasteiger partial charge in [0.05, 0.1) is 0 Å². The predicted molar refractivity (Wildman–Crippen MR) is 220 cm³/mol. The van der Waals surface area contributed by atoms with Crippen LogP contribution in [0.5, 0.6) is 0 Å². The van der Waals surface area contributed by atoms with Crippen molar-refractivity contribution in [2.24, 2.45) is 0 Å². The molecule has 0 spiro atoms. The van der Waals surface area contributed by atoms with Gasteiger partial charge in [0.25, 0.3) is 0 Å². The van der Waals surface area contributed by atoms with E-state index in [4.69, 9.17) is 0 Å². The molecule has 0 saturated heterocycles. The second kappa shape index (κ2) is 12.0. The number of nitrogens with zero attached hydrogens (tertiary/aromatic N) is 1. The van der Waals surface area contributed by atoms with Gasteiger partial charge < -0.3 is 4.90 Å². The van der Waals surface area contributed by atoms with Crippen LogP contribution in [0.25, 0.3) is 76.1 Å². The van der Waals surface area contributed by atoms with E-state index in [0.717, 1.165) is 17.1 Å². The molecule has 10 aromatic rings. The highest BCUT2D eigenvalue weighted by Gasteiger charge is 2.20. The first-order valence-electron chi connectivity index (χ1n) is 17.6. The van der Waals surface area contributed by atoms with Gasteiger partial charge in [-0.3, -0.25) is 0 Å². The summed E-state index contributed by atoms with van der Waals surface area (Å²) in [6.45, 7) is 0. The van der Waals surface area contributed by atoms with Crippen LogP contribution in [0.2, 0.25) is 0 Å². The Balaban J connectivity index is 1.21. The molecule has 1 nitrogen and oxygen atoms in total. The molecule has 0 aliphatic carbocycles. The lowest BCUT2D eigenvalue weighted by Gasteiger charge is -2.26. The van der Waals surface area contributed by atoms with E-state index in [9.17, 15) is 0 Å². The van der Waals surface area contributed by atoms with E-state index in [1.54, 1.807) is 0 Å². The quantitative estimate of drug-likeness (QED) is 0.133. The summed E-state index contributed by atoms with van der Waals surface area (Å²) in [5.41, 5.74) is 8.40. The monoisotopic (exact) mass is 647 g/mol. The zero-order chi connectivity index (χ0) is 33.7. The molecule has 0 saturated carbocycles. The SMILES string of the molecule is c1ccc(N(c2ccccc2)c2ccc(-c3c4ccccc4c(-c4cc5ccc6ccccc6c5c5ccccc45)c4ccccc34)cc2)cc1. The van der Waals surface area contributed by atoms with Gasteiger partial charge in [-0.1, -0.05) is 158 Å². The number of fused-ring (bicyclic) bond motifs is 7. The maximum atomic E-state index is 2.43. The standard InChI is InChI=1S/C50H33N/c1-3-16-37(17-4-1)51(38-18-5-2-6-19-38)39-31-29-35(30-32-39)48-43-23-11-13-25-45(43)50(46-26-14-12-24-44(46)48)47-33-36-28-27-34-15-7-8-20-40(34)49(36)42-22-10-9-21-41(42)47/h1-33H. The van der Waals surface area contributed by atoms with Gasteiger partial charge in [0.15, 0.2) is 0 Å². The molecule has 0 heterocycles. The van der Waals surface area contributed by atoms with E-state index in [1.165, 1.54) is 76.1 Å². The van der Waals surface area contributed by atoms with Gasteiger partial charge >= 0.3 is 0 Å². The van der Waals surface area contributed by atoms with Gasteiger partial charge in [-0.2, -0.15) is 0 Å². The molecule has 10 aromatic carbocycles. The van der Waals surface area contributed by atoms with E-state index < -0.39 is 0 Å². The highest BCUT2D eigenvalue weighted by atomic mass is 15.1. The summed E-state index contributed by atoms with van der Waals surface area (Å²) < 4.78 is 0. The van der Waals surface area contributed by atoms with Crippen LogP contribution in [0.3, 0.4) is 0 Å². The third kappa shape index (κ3) is 4.78. The number of anilines is 3. The molecule has 1 heteroatoms. The summed E-state index contributed by atoms with van der Waals surface area (Å²) in [6, 6.07) is 72.9. The lowest BCUT2D eigenvalue weighted by molar-refractivity contribution is 1.28. The van der Waals surface area contributed by atoms with Crippen LogP contribution in [-0.4, -0.2) is 0 Å². The Labute approximate surface area is 297 Å². The second-order valence-electron chi connectivity index (χ2n) is 13.2. The zero-order valence-electron chi connectivity index (χ0n) is 28.0. The summed E-state index contributed by atoms with van der Waals surface area (Å²) in [5, 5.41) is 12.7. The van der Waals surface area contributed by atoms with Crippen molar-refractivity contribution in [1.82, 2.24) is 0 Å². The van der Waals surface area contributed by atoms with Gasteiger partial charge in [-0.05, 0) is 119 Å². The van der Waals surface area contributed by atoms with E-state index in [0.29, 0.717) is 0 Å². The van der Waals surface area contributed by atoms with Crippen molar-refractivity contribution < 1.29 is 0 Å². The van der Waals surface area contributed by atoms with E-state index in [2.05, 4.69) is 205 Å². The lowest BCUT2D eigenvalue weighted by atomic mass is 9.83. The van der Waals surface area contributed by atoms with Crippen molar-refractivity contribution >= 4 is 70.9 Å². The Kier molecular flexibility index (Phi) is 6.89. The zero-order valence-corrected chi connectivity index (χ0v) is 28.0. The van der Waals surface area contributed by atoms with Crippen molar-refractivity contribution in [3.8, 4) is 22.3 Å². The Morgan fingerprint density at radius 2 is 0.706 bits per heavy atom. The third-order valence-electron chi connectivity index (χ3n) is 10.4. The van der Waals surface area contributed by atoms with Gasteiger partial charge in [-0.25, -0.2) is 0 Å². The number of rotatable bonds is 5. The topological polar surface area (TPSA) is 3.24 Å². The van der Waals surface area contributed by atoms with Crippen molar-refractivity contribution in [1.29, 1.82) is 0 Å². The van der Waals surface area contributed by atoms with E-state index in [-0.39, 0.29) is 0 Å². The molecule has 0 bridgehead atoms. The minimum Gasteiger partial charge on any atom is -0.311 e. The summed E-state index contributed by atoms with van der Waals surface area (Å²) >= 11 is 0. The highest BCUT2D eigenvalue weighted by Crippen LogP contribution is 2.47. The largest absolute Gasteiger partial charge is 0.311 e. The van der Waals surface area contributed by atoms with Crippen LogP contribution >= 0.6 is 0 Å². The normalized spacial score (nSPS) is 11.5. The molecule has 0 aliphatic rings. The van der Waals surface area contributed by atoms with Crippen LogP contribution in [-0.2, 0) is 0 Å². The van der Waals surface area contributed by atoms with Crippen LogP contribution in [0.1, 0.15) is 0 Å². The van der Waals surface area contributed by atoms with Crippen molar-refractivity contribution in [3.63, 3.8) is 0 Å². The minimum atomic E-state index is 1.12. The summed E-state index contributed by atoms with van der Waals surface area (Å²) in [6.07, 6.45) is 0. The fraction of sp³-hybridized carbons (Fsp3) is 0. The first-order chi connectivity index (χ1) is 25.3. The van der Waals surface area contributed by atoms with Crippen LogP contribution < -0.4 is 4.90 Å². The predicted octanol–water partition coefficient (Wildman–Crippen LogP) is 14.3. The van der Waals surface area contributed by atoms with E-state index >= 15 is 0 Å². The third-order valence-corrected chi connectivity index (χ3v) is 10.4. The fourth-order valence-corrected chi connectivity index (χ4v) is 8.19. The molecular weight excluding hydrogens is 615 g/mol. The van der Waals surface area contributed by atoms with Crippen LogP contribution in [0, 0.1) is 0 Å². The molecule has 10 rings (SSSR count). The fourth-order valence-electron chi connectivity index (χ4n) is 8.19. The average Bonchev–Trinajstić information content (AvgIpc) is 3.21. The Bertz CT molecular complexity index is 2790. The summed E-state index contributed by atoms with van der Waals surface area (Å²) in [4.78, 5) is 2.32. The van der Waals surface area contributed by atoms with Crippen LogP contribution in [0.4, 0.5) is 17.1 Å². The Morgan fingerprint density at radius 3 is 1.29 bits per heavy atom. The smallest absolute Gasteiger partial charge is 0.0462 e. The maximum absolute atomic E-state index is 2.43. The number of para-hydroxylation sites is 2. The minimum absolute atomic E-state index is 1.12. The maximum Gasteiger partial charge on any atom is 0.0462 e. The molecule has 0 unspecified atom stereocenters. The molecule has 0 N–H and O–H groups in total. The Hall–Kier alpha value is -6.70. The van der Waals surface area contributed by atoms with Crippen molar-refractivity contribution in [2.75, 3.05) is 4.90 Å². The molecule has 0 radical (unpaired) electrons. The lowest BCUT2D eigenvalue weighted by Crippen LogP contribution is -2.09. The van der Waals surface area contributed by atoms with Gasteiger partial charge in [0.1, 0.15) is 0 Å². The molecular formula is C50H33N. The Morgan fingerprint density at radius 1 is 0.275 bits per heavy atom. The number of hydrogen-bond donors (Lipinski definition) is 0.